The van der Waals surface area contributed by atoms with E-state index in [2.05, 4.69) is 44.2 Å². The maximum absolute atomic E-state index is 5.77. The van der Waals surface area contributed by atoms with E-state index in [1.807, 2.05) is 36.4 Å². The van der Waals surface area contributed by atoms with Crippen molar-refractivity contribution in [1.82, 2.24) is 5.43 Å². The highest BCUT2D eigenvalue weighted by molar-refractivity contribution is 9.11. The zero-order chi connectivity index (χ0) is 14.7. The number of nitrogens with one attached hydrogen (secondary N) is 1. The van der Waals surface area contributed by atoms with Crippen LogP contribution in [0.5, 0.6) is 5.75 Å². The summed E-state index contributed by atoms with van der Waals surface area (Å²) in [4.78, 5) is 0. The molecule has 0 aliphatic carbocycles. The Balaban J connectivity index is 2.47. The van der Waals surface area contributed by atoms with E-state index >= 15 is 0 Å². The fourth-order valence-electron chi connectivity index (χ4n) is 2.18. The van der Waals surface area contributed by atoms with E-state index in [9.17, 15) is 0 Å². The molecule has 0 aromatic heterocycles. The fourth-order valence-corrected chi connectivity index (χ4v) is 3.46. The molecule has 0 fully saturated rings. The van der Waals surface area contributed by atoms with Gasteiger partial charge in [-0.25, -0.2) is 5.43 Å². The number of halogens is 2. The Morgan fingerprint density at radius 2 is 1.80 bits per heavy atom. The molecule has 2 aromatic rings. The summed E-state index contributed by atoms with van der Waals surface area (Å²) in [5.41, 5.74) is 6.22. The van der Waals surface area contributed by atoms with Crippen LogP contribution in [0.2, 0.25) is 0 Å². The molecule has 0 aliphatic rings. The maximum atomic E-state index is 5.77. The third-order valence-electron chi connectivity index (χ3n) is 3.23. The number of hydrogen-bond donors (Lipinski definition) is 2. The van der Waals surface area contributed by atoms with E-state index in [0.29, 0.717) is 0 Å². The molecular weight excluding hydrogens is 384 g/mol. The van der Waals surface area contributed by atoms with Crippen molar-refractivity contribution in [2.75, 3.05) is 7.11 Å². The molecule has 0 amide bonds. The highest BCUT2D eigenvalue weighted by Crippen LogP contribution is 2.32. The molecule has 2 aromatic carbocycles. The predicted octanol–water partition coefficient (Wildman–Crippen LogP) is 4.08. The van der Waals surface area contributed by atoms with Gasteiger partial charge in [-0.15, -0.1) is 0 Å². The third kappa shape index (κ3) is 3.23. The molecule has 0 saturated heterocycles. The first kappa shape index (κ1) is 15.5. The minimum atomic E-state index is -0.0802. The van der Waals surface area contributed by atoms with Gasteiger partial charge in [0.15, 0.2) is 0 Å². The maximum Gasteiger partial charge on any atom is 0.119 e. The number of nitrogens with two attached hydrogens (primary N) is 1. The molecule has 0 bridgehead atoms. The van der Waals surface area contributed by atoms with Crippen molar-refractivity contribution < 1.29 is 4.74 Å². The van der Waals surface area contributed by atoms with E-state index in [-0.39, 0.29) is 6.04 Å². The minimum absolute atomic E-state index is 0.0802. The normalized spacial score (nSPS) is 12.2. The van der Waals surface area contributed by atoms with Crippen LogP contribution in [0.1, 0.15) is 22.7 Å². The smallest absolute Gasteiger partial charge is 0.119 e. The summed E-state index contributed by atoms with van der Waals surface area (Å²) in [5.74, 6) is 6.61. The van der Waals surface area contributed by atoms with E-state index in [4.69, 9.17) is 10.6 Å². The Labute approximate surface area is 135 Å². The number of methoxy groups -OCH3 is 1. The molecule has 0 radical (unpaired) electrons. The summed E-state index contributed by atoms with van der Waals surface area (Å²) in [6.07, 6.45) is 0. The molecule has 20 heavy (non-hydrogen) atoms. The molecule has 1 atom stereocenters. The van der Waals surface area contributed by atoms with Crippen molar-refractivity contribution in [2.45, 2.75) is 13.0 Å². The van der Waals surface area contributed by atoms with Crippen molar-refractivity contribution in [3.8, 4) is 5.75 Å². The SMILES string of the molecule is COc1ccc(C(NN)c2ccc(Br)cc2Br)c(C)c1. The molecule has 1 unspecified atom stereocenters. The van der Waals surface area contributed by atoms with Crippen molar-refractivity contribution in [2.24, 2.45) is 5.84 Å². The number of rotatable bonds is 4. The fraction of sp³-hybridized carbons (Fsp3) is 0.200. The van der Waals surface area contributed by atoms with Crippen molar-refractivity contribution in [3.63, 3.8) is 0 Å². The van der Waals surface area contributed by atoms with Gasteiger partial charge >= 0.3 is 0 Å². The van der Waals surface area contributed by atoms with Gasteiger partial charge in [0.1, 0.15) is 5.75 Å². The van der Waals surface area contributed by atoms with Gasteiger partial charge in [-0.1, -0.05) is 44.0 Å². The van der Waals surface area contributed by atoms with Gasteiger partial charge < -0.3 is 4.74 Å². The van der Waals surface area contributed by atoms with Gasteiger partial charge in [-0.3, -0.25) is 5.84 Å². The summed E-state index contributed by atoms with van der Waals surface area (Å²) in [6, 6.07) is 12.0. The number of aryl methyl sites for hydroxylation is 1. The zero-order valence-corrected chi connectivity index (χ0v) is 14.5. The van der Waals surface area contributed by atoms with Gasteiger partial charge in [-0.2, -0.15) is 0 Å². The first-order valence-electron chi connectivity index (χ1n) is 6.12. The van der Waals surface area contributed by atoms with Crippen molar-refractivity contribution >= 4 is 31.9 Å². The van der Waals surface area contributed by atoms with Gasteiger partial charge in [0.2, 0.25) is 0 Å². The number of hydrogen-bond acceptors (Lipinski definition) is 3. The van der Waals surface area contributed by atoms with Crippen LogP contribution in [0, 0.1) is 6.92 Å². The first-order chi connectivity index (χ1) is 9.56. The van der Waals surface area contributed by atoms with Crippen LogP contribution in [0.4, 0.5) is 0 Å². The Morgan fingerprint density at radius 1 is 1.10 bits per heavy atom. The van der Waals surface area contributed by atoms with Gasteiger partial charge in [0.05, 0.1) is 13.2 Å². The molecule has 3 nitrogen and oxygen atoms in total. The van der Waals surface area contributed by atoms with Crippen molar-refractivity contribution in [1.29, 1.82) is 0 Å². The third-order valence-corrected chi connectivity index (χ3v) is 4.41. The molecule has 5 heteroatoms. The van der Waals surface area contributed by atoms with E-state index < -0.39 is 0 Å². The highest BCUT2D eigenvalue weighted by atomic mass is 79.9. The Bertz CT molecular complexity index is 617. The minimum Gasteiger partial charge on any atom is -0.497 e. The van der Waals surface area contributed by atoms with E-state index in [1.54, 1.807) is 7.11 Å². The average molecular weight is 400 g/mol. The van der Waals surface area contributed by atoms with Crippen LogP contribution in [0.3, 0.4) is 0 Å². The molecule has 106 valence electrons. The molecule has 0 spiro atoms. The van der Waals surface area contributed by atoms with E-state index in [0.717, 1.165) is 31.4 Å². The highest BCUT2D eigenvalue weighted by Gasteiger charge is 2.17. The summed E-state index contributed by atoms with van der Waals surface area (Å²) in [5, 5.41) is 0. The summed E-state index contributed by atoms with van der Waals surface area (Å²) in [6.45, 7) is 2.05. The van der Waals surface area contributed by atoms with Crippen molar-refractivity contribution in [3.05, 3.63) is 62.0 Å². The van der Waals surface area contributed by atoms with Crippen LogP contribution >= 0.6 is 31.9 Å². The standard InChI is InChI=1S/C15H16Br2N2O/c1-9-7-11(20-2)4-6-12(9)15(19-18)13-5-3-10(16)8-14(13)17/h3-8,15,19H,18H2,1-2H3. The van der Waals surface area contributed by atoms with Gasteiger partial charge in [0.25, 0.3) is 0 Å². The average Bonchev–Trinajstić information content (AvgIpc) is 2.43. The lowest BCUT2D eigenvalue weighted by molar-refractivity contribution is 0.414. The molecule has 3 N–H and O–H groups in total. The second-order valence-electron chi connectivity index (χ2n) is 4.49. The largest absolute Gasteiger partial charge is 0.497 e. The topological polar surface area (TPSA) is 47.3 Å². The summed E-state index contributed by atoms with van der Waals surface area (Å²) < 4.78 is 7.27. The van der Waals surface area contributed by atoms with Crippen LogP contribution < -0.4 is 16.0 Å². The molecular formula is C15H16Br2N2O. The number of ether oxygens (including phenoxy) is 1. The Hall–Kier alpha value is -0.880. The van der Waals surface area contributed by atoms with Crippen LogP contribution in [-0.4, -0.2) is 7.11 Å². The van der Waals surface area contributed by atoms with Crippen LogP contribution in [-0.2, 0) is 0 Å². The van der Waals surface area contributed by atoms with Gasteiger partial charge in [0, 0.05) is 8.95 Å². The lowest BCUT2D eigenvalue weighted by Gasteiger charge is -2.21. The first-order valence-corrected chi connectivity index (χ1v) is 7.71. The number of hydrazine groups is 1. The predicted molar refractivity (Wildman–Crippen MR) is 88.7 cm³/mol. The lowest BCUT2D eigenvalue weighted by atomic mass is 9.95. The van der Waals surface area contributed by atoms with Crippen LogP contribution in [0.25, 0.3) is 0 Å². The van der Waals surface area contributed by atoms with Gasteiger partial charge in [-0.05, 0) is 47.9 Å². The monoisotopic (exact) mass is 398 g/mol. The summed E-state index contributed by atoms with van der Waals surface area (Å²) >= 11 is 7.05. The van der Waals surface area contributed by atoms with E-state index in [1.165, 1.54) is 0 Å². The summed E-state index contributed by atoms with van der Waals surface area (Å²) in [7, 11) is 1.67. The van der Waals surface area contributed by atoms with Crippen LogP contribution in [0.15, 0.2) is 45.3 Å². The molecule has 0 saturated carbocycles. The second-order valence-corrected chi connectivity index (χ2v) is 6.26. The zero-order valence-electron chi connectivity index (χ0n) is 11.3. The Morgan fingerprint density at radius 3 is 2.35 bits per heavy atom. The molecule has 2 rings (SSSR count). The number of benzene rings is 2. The quantitative estimate of drug-likeness (QED) is 0.601. The molecule has 0 aliphatic heterocycles. The second kappa shape index (κ2) is 6.72. The lowest BCUT2D eigenvalue weighted by Crippen LogP contribution is -2.29. The molecule has 0 heterocycles. The Kier molecular flexibility index (Phi) is 5.21.